The molecule has 1 atom stereocenters. The third-order valence-corrected chi connectivity index (χ3v) is 6.14. The summed E-state index contributed by atoms with van der Waals surface area (Å²) in [5, 5.41) is 5.52. The van der Waals surface area contributed by atoms with E-state index in [1.54, 1.807) is 16.7 Å². The van der Waals surface area contributed by atoms with Crippen LogP contribution in [0, 0.1) is 5.82 Å². The van der Waals surface area contributed by atoms with E-state index in [0.717, 1.165) is 24.0 Å². The number of ether oxygens (including phenoxy) is 1. The summed E-state index contributed by atoms with van der Waals surface area (Å²) in [6.45, 7) is 1.69. The Labute approximate surface area is 209 Å². The molecule has 2 amide bonds. The maximum absolute atomic E-state index is 13.4. The van der Waals surface area contributed by atoms with Gasteiger partial charge in [0.2, 0.25) is 5.43 Å². The van der Waals surface area contributed by atoms with E-state index in [4.69, 9.17) is 4.74 Å². The molecule has 0 aliphatic carbocycles. The average molecular weight is 492 g/mol. The zero-order chi connectivity index (χ0) is 25.3. The fourth-order valence-corrected chi connectivity index (χ4v) is 4.25. The smallest absolute Gasteiger partial charge is 0.256 e. The van der Waals surface area contributed by atoms with Gasteiger partial charge < -0.3 is 19.9 Å². The maximum Gasteiger partial charge on any atom is 0.256 e. The minimum atomic E-state index is -0.626. The fourth-order valence-electron chi connectivity index (χ4n) is 4.25. The summed E-state index contributed by atoms with van der Waals surface area (Å²) in [6.07, 6.45) is 5.79. The molecule has 36 heavy (non-hydrogen) atoms. The van der Waals surface area contributed by atoms with Crippen LogP contribution in [-0.4, -0.2) is 42.2 Å². The minimum Gasteiger partial charge on any atom is -0.376 e. The Morgan fingerprint density at radius 1 is 0.917 bits per heavy atom. The third kappa shape index (κ3) is 6.88. The molecule has 188 valence electrons. The van der Waals surface area contributed by atoms with Gasteiger partial charge in [-0.2, -0.15) is 0 Å². The van der Waals surface area contributed by atoms with Crippen molar-refractivity contribution >= 4 is 11.8 Å². The second-order valence-electron chi connectivity index (χ2n) is 8.87. The number of carbonyl (C=O) groups is 2. The molecule has 2 aromatic carbocycles. The molecule has 0 unspecified atom stereocenters. The van der Waals surface area contributed by atoms with Gasteiger partial charge in [0, 0.05) is 38.6 Å². The molecule has 0 saturated carbocycles. The number of hydrogen-bond acceptors (Lipinski definition) is 4. The van der Waals surface area contributed by atoms with Crippen LogP contribution in [-0.2, 0) is 24.1 Å². The highest BCUT2D eigenvalue weighted by atomic mass is 19.1. The van der Waals surface area contributed by atoms with Crippen LogP contribution in [0.4, 0.5) is 4.39 Å². The molecule has 1 fully saturated rings. The van der Waals surface area contributed by atoms with E-state index in [2.05, 4.69) is 10.6 Å². The number of aromatic nitrogens is 1. The van der Waals surface area contributed by atoms with E-state index < -0.39 is 17.2 Å². The lowest BCUT2D eigenvalue weighted by Crippen LogP contribution is -2.37. The van der Waals surface area contributed by atoms with Crippen molar-refractivity contribution in [1.29, 1.82) is 0 Å². The number of rotatable bonds is 10. The van der Waals surface area contributed by atoms with Crippen molar-refractivity contribution in [3.05, 3.63) is 105 Å². The number of amides is 2. The van der Waals surface area contributed by atoms with Gasteiger partial charge >= 0.3 is 0 Å². The molecule has 2 heterocycles. The average Bonchev–Trinajstić information content (AvgIpc) is 3.38. The summed E-state index contributed by atoms with van der Waals surface area (Å²) in [5.74, 6) is -1.44. The van der Waals surface area contributed by atoms with Gasteiger partial charge in [0.15, 0.2) is 0 Å². The zero-order valence-corrected chi connectivity index (χ0v) is 20.0. The number of carbonyl (C=O) groups excluding carboxylic acids is 2. The first-order chi connectivity index (χ1) is 17.5. The Balaban J connectivity index is 1.47. The lowest BCUT2D eigenvalue weighted by atomic mass is 10.1. The number of halogens is 1. The molecule has 1 aliphatic rings. The molecular weight excluding hydrogens is 461 g/mol. The Kier molecular flexibility index (Phi) is 8.62. The first-order valence-electron chi connectivity index (χ1n) is 12.2. The highest BCUT2D eigenvalue weighted by Gasteiger charge is 2.22. The van der Waals surface area contributed by atoms with E-state index in [-0.39, 0.29) is 29.6 Å². The number of benzene rings is 2. The molecule has 8 heteroatoms. The summed E-state index contributed by atoms with van der Waals surface area (Å²) >= 11 is 0. The first-order valence-corrected chi connectivity index (χ1v) is 12.2. The van der Waals surface area contributed by atoms with Crippen molar-refractivity contribution in [3.63, 3.8) is 0 Å². The molecule has 7 nitrogen and oxygen atoms in total. The molecule has 2 N–H and O–H groups in total. The van der Waals surface area contributed by atoms with Gasteiger partial charge in [-0.15, -0.1) is 0 Å². The summed E-state index contributed by atoms with van der Waals surface area (Å²) in [6, 6.07) is 15.9. The summed E-state index contributed by atoms with van der Waals surface area (Å²) in [5.41, 5.74) is 0.985. The maximum atomic E-state index is 13.4. The molecule has 1 saturated heterocycles. The van der Waals surface area contributed by atoms with Crippen LogP contribution in [0.25, 0.3) is 0 Å². The Hall–Kier alpha value is -3.78. The fraction of sp³-hybridized carbons (Fsp3) is 0.321. The van der Waals surface area contributed by atoms with Gasteiger partial charge in [0.25, 0.3) is 11.8 Å². The second-order valence-corrected chi connectivity index (χ2v) is 8.87. The van der Waals surface area contributed by atoms with Gasteiger partial charge in [-0.05, 0) is 48.9 Å². The van der Waals surface area contributed by atoms with Crippen LogP contribution in [0.3, 0.4) is 0 Å². The van der Waals surface area contributed by atoms with E-state index in [1.165, 1.54) is 24.5 Å². The van der Waals surface area contributed by atoms with Crippen molar-refractivity contribution in [2.75, 3.05) is 19.7 Å². The predicted molar refractivity (Wildman–Crippen MR) is 135 cm³/mol. The Morgan fingerprint density at radius 2 is 1.56 bits per heavy atom. The third-order valence-electron chi connectivity index (χ3n) is 6.14. The van der Waals surface area contributed by atoms with E-state index in [0.29, 0.717) is 32.5 Å². The normalized spacial score (nSPS) is 15.0. The summed E-state index contributed by atoms with van der Waals surface area (Å²) in [4.78, 5) is 39.0. The predicted octanol–water partition coefficient (Wildman–Crippen LogP) is 3.11. The molecular formula is C28H30FN3O4. The topological polar surface area (TPSA) is 89.4 Å². The standard InChI is InChI=1S/C28H30FN3O4/c29-22-9-4-8-21(16-22)12-14-31-28(35)25-19-32(17-23-10-5-15-36-23)18-24(26(25)33)27(34)30-13-11-20-6-2-1-3-7-20/h1-4,6-9,16,18-19,23H,5,10-15,17H2,(H,30,34)(H,31,35)/t23-/m1/s1. The van der Waals surface area contributed by atoms with Crippen molar-refractivity contribution < 1.29 is 18.7 Å². The van der Waals surface area contributed by atoms with Crippen LogP contribution >= 0.6 is 0 Å². The lowest BCUT2D eigenvalue weighted by Gasteiger charge is -2.16. The summed E-state index contributed by atoms with van der Waals surface area (Å²) in [7, 11) is 0. The van der Waals surface area contributed by atoms with Crippen LogP contribution < -0.4 is 16.1 Å². The summed E-state index contributed by atoms with van der Waals surface area (Å²) < 4.78 is 20.8. The van der Waals surface area contributed by atoms with Gasteiger partial charge in [-0.25, -0.2) is 4.39 Å². The number of hydrogen-bond donors (Lipinski definition) is 2. The molecule has 0 bridgehead atoms. The SMILES string of the molecule is O=C(NCCc1ccccc1)c1cn(C[C@H]2CCCO2)cc(C(=O)NCCc2cccc(F)c2)c1=O. The Morgan fingerprint density at radius 3 is 2.17 bits per heavy atom. The highest BCUT2D eigenvalue weighted by molar-refractivity contribution is 5.99. The second kappa shape index (κ2) is 12.3. The van der Waals surface area contributed by atoms with Crippen LogP contribution in [0.5, 0.6) is 0 Å². The molecule has 1 aromatic heterocycles. The monoisotopic (exact) mass is 491 g/mol. The van der Waals surface area contributed by atoms with Crippen LogP contribution in [0.15, 0.2) is 71.8 Å². The van der Waals surface area contributed by atoms with E-state index in [1.807, 2.05) is 30.3 Å². The number of nitrogens with zero attached hydrogens (tertiary/aromatic N) is 1. The van der Waals surface area contributed by atoms with Gasteiger partial charge in [-0.3, -0.25) is 14.4 Å². The highest BCUT2D eigenvalue weighted by Crippen LogP contribution is 2.14. The van der Waals surface area contributed by atoms with Crippen molar-refractivity contribution in [2.24, 2.45) is 0 Å². The van der Waals surface area contributed by atoms with Gasteiger partial charge in [0.1, 0.15) is 16.9 Å². The van der Waals surface area contributed by atoms with E-state index in [9.17, 15) is 18.8 Å². The zero-order valence-electron chi connectivity index (χ0n) is 20.0. The Bertz CT molecular complexity index is 1250. The van der Waals surface area contributed by atoms with Crippen LogP contribution in [0.2, 0.25) is 0 Å². The van der Waals surface area contributed by atoms with Crippen molar-refractivity contribution in [3.8, 4) is 0 Å². The van der Waals surface area contributed by atoms with E-state index >= 15 is 0 Å². The molecule has 3 aromatic rings. The first kappa shape index (κ1) is 25.3. The lowest BCUT2D eigenvalue weighted by molar-refractivity contribution is 0.0926. The van der Waals surface area contributed by atoms with Gasteiger partial charge in [-0.1, -0.05) is 42.5 Å². The number of pyridine rings is 1. The minimum absolute atomic E-state index is 0.0367. The molecule has 0 spiro atoms. The largest absolute Gasteiger partial charge is 0.376 e. The number of nitrogens with one attached hydrogen (secondary N) is 2. The van der Waals surface area contributed by atoms with Gasteiger partial charge in [0.05, 0.1) is 6.10 Å². The molecule has 4 rings (SSSR count). The van der Waals surface area contributed by atoms with Crippen LogP contribution in [0.1, 0.15) is 44.7 Å². The quantitative estimate of drug-likeness (QED) is 0.456. The van der Waals surface area contributed by atoms with Crippen molar-refractivity contribution in [2.45, 2.75) is 38.3 Å². The molecule has 1 aliphatic heterocycles. The van der Waals surface area contributed by atoms with Crippen molar-refractivity contribution in [1.82, 2.24) is 15.2 Å². The molecule has 0 radical (unpaired) electrons.